The van der Waals surface area contributed by atoms with Crippen LogP contribution in [0.5, 0.6) is 5.75 Å². The van der Waals surface area contributed by atoms with E-state index >= 15 is 0 Å². The number of phenolic OH excluding ortho intramolecular Hbond substituents is 1. The van der Waals surface area contributed by atoms with E-state index in [1.165, 1.54) is 12.3 Å². The van der Waals surface area contributed by atoms with Gasteiger partial charge in [0, 0.05) is 31.4 Å². The van der Waals surface area contributed by atoms with Gasteiger partial charge < -0.3 is 14.4 Å². The van der Waals surface area contributed by atoms with Crippen LogP contribution < -0.4 is 4.90 Å². The molecular formula is C24H25FN2O3. The molecule has 0 atom stereocenters. The van der Waals surface area contributed by atoms with Gasteiger partial charge in [0.2, 0.25) is 0 Å². The molecule has 1 saturated heterocycles. The number of likely N-dealkylation sites (tertiary alicyclic amines) is 1. The molecule has 0 bridgehead atoms. The van der Waals surface area contributed by atoms with Gasteiger partial charge in [-0.25, -0.2) is 4.39 Å². The first-order valence-electron chi connectivity index (χ1n) is 10.1. The second-order valence-electron chi connectivity index (χ2n) is 7.76. The van der Waals surface area contributed by atoms with Gasteiger partial charge in [-0.05, 0) is 67.3 Å². The van der Waals surface area contributed by atoms with Gasteiger partial charge in [0.05, 0.1) is 6.26 Å². The molecule has 0 aliphatic carbocycles. The fourth-order valence-corrected chi connectivity index (χ4v) is 3.99. The summed E-state index contributed by atoms with van der Waals surface area (Å²) >= 11 is 0. The van der Waals surface area contributed by atoms with Crippen LogP contribution in [0, 0.1) is 12.7 Å². The Labute approximate surface area is 175 Å². The van der Waals surface area contributed by atoms with Crippen LogP contribution in [0.3, 0.4) is 0 Å². The Morgan fingerprint density at radius 2 is 1.97 bits per heavy atom. The maximum absolute atomic E-state index is 14.3. The third-order valence-electron chi connectivity index (χ3n) is 5.62. The predicted molar refractivity (Wildman–Crippen MR) is 113 cm³/mol. The summed E-state index contributed by atoms with van der Waals surface area (Å²) in [6, 6.07) is 15.4. The summed E-state index contributed by atoms with van der Waals surface area (Å²) in [5, 5.41) is 9.67. The van der Waals surface area contributed by atoms with Crippen molar-refractivity contribution in [2.75, 3.05) is 18.0 Å². The number of furan rings is 1. The lowest BCUT2D eigenvalue weighted by Crippen LogP contribution is -2.47. The molecule has 2 heterocycles. The number of carbonyl (C=O) groups is 1. The fraction of sp³-hybridized carbons (Fsp3) is 0.292. The van der Waals surface area contributed by atoms with Crippen LogP contribution in [0.15, 0.2) is 65.3 Å². The van der Waals surface area contributed by atoms with Crippen LogP contribution in [-0.2, 0) is 6.54 Å². The van der Waals surface area contributed by atoms with Crippen LogP contribution in [-0.4, -0.2) is 35.0 Å². The number of piperidine rings is 1. The maximum atomic E-state index is 14.3. The Morgan fingerprint density at radius 3 is 2.63 bits per heavy atom. The van der Waals surface area contributed by atoms with Crippen LogP contribution in [0.2, 0.25) is 0 Å². The number of nitrogens with zero attached hydrogens (tertiary/aromatic N) is 2. The van der Waals surface area contributed by atoms with E-state index in [0.29, 0.717) is 11.3 Å². The first-order valence-corrected chi connectivity index (χ1v) is 10.1. The van der Waals surface area contributed by atoms with Gasteiger partial charge in [-0.1, -0.05) is 18.2 Å². The quantitative estimate of drug-likeness (QED) is 0.662. The molecule has 0 saturated carbocycles. The van der Waals surface area contributed by atoms with Crippen molar-refractivity contribution in [3.63, 3.8) is 0 Å². The molecule has 1 amide bonds. The monoisotopic (exact) mass is 408 g/mol. The average Bonchev–Trinajstić information content (AvgIpc) is 3.27. The summed E-state index contributed by atoms with van der Waals surface area (Å²) < 4.78 is 19.6. The molecule has 1 aliphatic heterocycles. The fourth-order valence-electron chi connectivity index (χ4n) is 3.99. The van der Waals surface area contributed by atoms with Crippen LogP contribution in [0.1, 0.15) is 34.5 Å². The molecule has 4 rings (SSSR count). The summed E-state index contributed by atoms with van der Waals surface area (Å²) in [4.78, 5) is 17.2. The standard InChI is InChI=1S/C24H25FN2O3/c1-17-7-8-20(15-22(17)25)27(24(29)23-6-3-13-30-23)19-9-11-26(12-10-19)16-18-4-2-5-21(28)14-18/h2-8,13-15,19,28H,9-12,16H2,1H3. The molecule has 6 heteroatoms. The lowest BCUT2D eigenvalue weighted by atomic mass is 10.0. The van der Waals surface area contributed by atoms with Gasteiger partial charge >= 0.3 is 0 Å². The second kappa shape index (κ2) is 8.71. The molecule has 5 nitrogen and oxygen atoms in total. The summed E-state index contributed by atoms with van der Waals surface area (Å²) in [6.07, 6.45) is 3.00. The molecule has 0 radical (unpaired) electrons. The van der Waals surface area contributed by atoms with Gasteiger partial charge in [-0.15, -0.1) is 0 Å². The number of carbonyl (C=O) groups excluding carboxylic acids is 1. The highest BCUT2D eigenvalue weighted by Crippen LogP contribution is 2.28. The van der Waals surface area contributed by atoms with Gasteiger partial charge in [-0.3, -0.25) is 9.69 Å². The van der Waals surface area contributed by atoms with Crippen molar-refractivity contribution in [1.29, 1.82) is 0 Å². The topological polar surface area (TPSA) is 56.9 Å². The average molecular weight is 408 g/mol. The SMILES string of the molecule is Cc1ccc(N(C(=O)c2ccco2)C2CCN(Cc3cccc(O)c3)CC2)cc1F. The number of aromatic hydroxyl groups is 1. The zero-order valence-corrected chi connectivity index (χ0v) is 16.9. The van der Waals surface area contributed by atoms with Gasteiger partial charge in [-0.2, -0.15) is 0 Å². The molecule has 1 N–H and O–H groups in total. The zero-order valence-electron chi connectivity index (χ0n) is 16.9. The van der Waals surface area contributed by atoms with Crippen molar-refractivity contribution in [3.05, 3.63) is 83.6 Å². The third-order valence-corrected chi connectivity index (χ3v) is 5.62. The van der Waals surface area contributed by atoms with E-state index in [-0.39, 0.29) is 29.3 Å². The highest BCUT2D eigenvalue weighted by atomic mass is 19.1. The lowest BCUT2D eigenvalue weighted by molar-refractivity contribution is 0.0931. The first kappa shape index (κ1) is 20.2. The van der Waals surface area contributed by atoms with Gasteiger partial charge in [0.15, 0.2) is 5.76 Å². The van der Waals surface area contributed by atoms with Crippen molar-refractivity contribution in [2.24, 2.45) is 0 Å². The van der Waals surface area contributed by atoms with E-state index in [1.54, 1.807) is 48.2 Å². The summed E-state index contributed by atoms with van der Waals surface area (Å²) in [6.45, 7) is 4.05. The van der Waals surface area contributed by atoms with Gasteiger partial charge in [0.1, 0.15) is 11.6 Å². The van der Waals surface area contributed by atoms with E-state index in [2.05, 4.69) is 4.90 Å². The first-order chi connectivity index (χ1) is 14.5. The molecule has 0 spiro atoms. The lowest BCUT2D eigenvalue weighted by Gasteiger charge is -2.38. The number of rotatable bonds is 5. The van der Waals surface area contributed by atoms with Gasteiger partial charge in [0.25, 0.3) is 5.91 Å². The number of hydrogen-bond acceptors (Lipinski definition) is 4. The number of phenols is 1. The van der Waals surface area contributed by atoms with Crippen molar-refractivity contribution in [1.82, 2.24) is 4.90 Å². The number of anilines is 1. The Morgan fingerprint density at radius 1 is 1.17 bits per heavy atom. The largest absolute Gasteiger partial charge is 0.508 e. The normalized spacial score (nSPS) is 15.3. The molecule has 30 heavy (non-hydrogen) atoms. The molecule has 1 aliphatic rings. The van der Waals surface area contributed by atoms with Crippen LogP contribution in [0.4, 0.5) is 10.1 Å². The highest BCUT2D eigenvalue weighted by molar-refractivity contribution is 6.04. The predicted octanol–water partition coefficient (Wildman–Crippen LogP) is 4.74. The van der Waals surface area contributed by atoms with E-state index in [0.717, 1.165) is 38.0 Å². The number of aryl methyl sites for hydroxylation is 1. The summed E-state index contributed by atoms with van der Waals surface area (Å²) in [5.41, 5.74) is 2.15. The molecule has 1 fully saturated rings. The molecule has 0 unspecified atom stereocenters. The van der Waals surface area contributed by atoms with E-state index in [1.807, 2.05) is 12.1 Å². The summed E-state index contributed by atoms with van der Waals surface area (Å²) in [5.74, 6) is -0.0714. The highest BCUT2D eigenvalue weighted by Gasteiger charge is 2.31. The van der Waals surface area contributed by atoms with Crippen molar-refractivity contribution in [3.8, 4) is 5.75 Å². The van der Waals surface area contributed by atoms with Crippen molar-refractivity contribution >= 4 is 11.6 Å². The van der Waals surface area contributed by atoms with Crippen molar-refractivity contribution < 1.29 is 18.7 Å². The Bertz CT molecular complexity index is 1010. The molecule has 3 aromatic rings. The molecular weight excluding hydrogens is 383 g/mol. The number of halogens is 1. The minimum absolute atomic E-state index is 0.0508. The van der Waals surface area contributed by atoms with E-state index in [9.17, 15) is 14.3 Å². The molecule has 156 valence electrons. The van der Waals surface area contributed by atoms with Crippen molar-refractivity contribution in [2.45, 2.75) is 32.4 Å². The Balaban J connectivity index is 1.51. The summed E-state index contributed by atoms with van der Waals surface area (Å²) in [7, 11) is 0. The van der Waals surface area contributed by atoms with Crippen LogP contribution >= 0.6 is 0 Å². The Hall–Kier alpha value is -3.12. The second-order valence-corrected chi connectivity index (χ2v) is 7.76. The Kier molecular flexibility index (Phi) is 5.86. The third kappa shape index (κ3) is 4.39. The smallest absolute Gasteiger partial charge is 0.294 e. The van der Waals surface area contributed by atoms with E-state index in [4.69, 9.17) is 4.42 Å². The number of hydrogen-bond donors (Lipinski definition) is 1. The van der Waals surface area contributed by atoms with Crippen LogP contribution in [0.25, 0.3) is 0 Å². The number of amides is 1. The number of benzene rings is 2. The zero-order chi connectivity index (χ0) is 21.1. The van der Waals surface area contributed by atoms with E-state index < -0.39 is 0 Å². The maximum Gasteiger partial charge on any atom is 0.294 e. The molecule has 1 aromatic heterocycles. The minimum Gasteiger partial charge on any atom is -0.508 e. The molecule has 2 aromatic carbocycles. The minimum atomic E-state index is -0.328.